The number of carbonyl (C=O) groups excluding carboxylic acids is 2. The molecule has 0 aromatic heterocycles. The molecule has 1 aliphatic heterocycles. The summed E-state index contributed by atoms with van der Waals surface area (Å²) in [5.74, 6) is -0.468. The van der Waals surface area contributed by atoms with E-state index >= 15 is 0 Å². The SMILES string of the molecule is O=C1NC(=O)C2CCC=CC12.[Ca]. The van der Waals surface area contributed by atoms with E-state index < -0.39 is 0 Å². The van der Waals surface area contributed by atoms with E-state index in [0.29, 0.717) is 0 Å². The molecule has 2 unspecified atom stereocenters. The first-order valence-electron chi connectivity index (χ1n) is 3.80. The number of amides is 2. The third kappa shape index (κ3) is 1.58. The van der Waals surface area contributed by atoms with E-state index in [1.807, 2.05) is 12.2 Å². The number of carbonyl (C=O) groups is 2. The topological polar surface area (TPSA) is 46.2 Å². The van der Waals surface area contributed by atoms with Gasteiger partial charge in [-0.2, -0.15) is 0 Å². The van der Waals surface area contributed by atoms with Gasteiger partial charge in [0.15, 0.2) is 0 Å². The molecule has 2 radical (unpaired) electrons. The Morgan fingerprint density at radius 3 is 2.75 bits per heavy atom. The molecule has 0 bridgehead atoms. The van der Waals surface area contributed by atoms with E-state index in [4.69, 9.17) is 0 Å². The normalized spacial score (nSPS) is 32.3. The molecular weight excluding hydrogens is 182 g/mol. The molecule has 1 aliphatic carbocycles. The largest absolute Gasteiger partial charge is 0.296 e. The van der Waals surface area contributed by atoms with Crippen molar-refractivity contribution in [1.82, 2.24) is 5.32 Å². The molecule has 1 heterocycles. The minimum atomic E-state index is -0.170. The average molecular weight is 191 g/mol. The van der Waals surface area contributed by atoms with Crippen LogP contribution in [-0.2, 0) is 9.59 Å². The Bertz CT molecular complexity index is 249. The van der Waals surface area contributed by atoms with Gasteiger partial charge in [-0.1, -0.05) is 12.2 Å². The van der Waals surface area contributed by atoms with Gasteiger partial charge in [0.25, 0.3) is 0 Å². The molecule has 1 fully saturated rings. The minimum absolute atomic E-state index is 0. The fourth-order valence-corrected chi connectivity index (χ4v) is 1.69. The second kappa shape index (κ2) is 3.90. The van der Waals surface area contributed by atoms with Crippen LogP contribution in [0.4, 0.5) is 0 Å². The van der Waals surface area contributed by atoms with E-state index in [1.54, 1.807) is 0 Å². The molecule has 0 spiro atoms. The van der Waals surface area contributed by atoms with Crippen LogP contribution < -0.4 is 5.32 Å². The summed E-state index contributed by atoms with van der Waals surface area (Å²) in [6.45, 7) is 0. The van der Waals surface area contributed by atoms with Crippen LogP contribution >= 0.6 is 0 Å². The zero-order valence-electron chi connectivity index (χ0n) is 6.75. The Hall–Kier alpha value is 0.140. The number of allylic oxidation sites excluding steroid dienone is 1. The van der Waals surface area contributed by atoms with E-state index in [0.717, 1.165) is 12.8 Å². The van der Waals surface area contributed by atoms with Crippen molar-refractivity contribution < 1.29 is 9.59 Å². The Kier molecular flexibility index (Phi) is 3.32. The molecule has 0 saturated carbocycles. The summed E-state index contributed by atoms with van der Waals surface area (Å²) in [6.07, 6.45) is 5.55. The molecule has 1 saturated heterocycles. The van der Waals surface area contributed by atoms with Crippen LogP contribution in [0.1, 0.15) is 12.8 Å². The summed E-state index contributed by atoms with van der Waals surface area (Å²) in [7, 11) is 0. The average Bonchev–Trinajstić information content (AvgIpc) is 2.30. The van der Waals surface area contributed by atoms with Gasteiger partial charge in [0.05, 0.1) is 11.8 Å². The van der Waals surface area contributed by atoms with Crippen molar-refractivity contribution >= 4 is 49.6 Å². The summed E-state index contributed by atoms with van der Waals surface area (Å²) in [5, 5.41) is 2.33. The molecule has 3 nitrogen and oxygen atoms in total. The Balaban J connectivity index is 0.000000720. The number of imide groups is 1. The standard InChI is InChI=1S/C8H9NO2.Ca/c10-7-5-3-1-2-4-6(5)8(11)9-7;/h1,3,5-6H,2,4H2,(H,9,10,11);. The summed E-state index contributed by atoms with van der Waals surface area (Å²) >= 11 is 0. The van der Waals surface area contributed by atoms with Crippen LogP contribution in [0.2, 0.25) is 0 Å². The molecule has 2 aliphatic rings. The van der Waals surface area contributed by atoms with Gasteiger partial charge in [0, 0.05) is 37.7 Å². The fourth-order valence-electron chi connectivity index (χ4n) is 1.69. The number of hydrogen-bond acceptors (Lipinski definition) is 2. The Labute approximate surface area is 101 Å². The van der Waals surface area contributed by atoms with Crippen molar-refractivity contribution in [3.05, 3.63) is 12.2 Å². The second-order valence-electron chi connectivity index (χ2n) is 2.99. The summed E-state index contributed by atoms with van der Waals surface area (Å²) in [4.78, 5) is 22.1. The maximum Gasteiger partial charge on any atom is 0.234 e. The van der Waals surface area contributed by atoms with Crippen LogP contribution in [0.5, 0.6) is 0 Å². The first-order chi connectivity index (χ1) is 5.29. The van der Waals surface area contributed by atoms with Gasteiger partial charge in [-0.3, -0.25) is 14.9 Å². The fraction of sp³-hybridized carbons (Fsp3) is 0.500. The zero-order chi connectivity index (χ0) is 7.84. The van der Waals surface area contributed by atoms with Gasteiger partial charge in [-0.15, -0.1) is 0 Å². The van der Waals surface area contributed by atoms with Crippen molar-refractivity contribution in [3.8, 4) is 0 Å². The molecule has 2 amide bonds. The predicted octanol–water partition coefficient (Wildman–Crippen LogP) is -0.156. The van der Waals surface area contributed by atoms with Gasteiger partial charge >= 0.3 is 0 Å². The van der Waals surface area contributed by atoms with Crippen LogP contribution in [-0.4, -0.2) is 49.6 Å². The molecule has 0 aromatic rings. The maximum absolute atomic E-state index is 11.1. The number of rotatable bonds is 0. The van der Waals surface area contributed by atoms with E-state index in [2.05, 4.69) is 5.32 Å². The zero-order valence-corrected chi connectivity index (χ0v) is 8.96. The Morgan fingerprint density at radius 2 is 2.08 bits per heavy atom. The Morgan fingerprint density at radius 1 is 1.33 bits per heavy atom. The first kappa shape index (κ1) is 10.2. The summed E-state index contributed by atoms with van der Waals surface area (Å²) in [5.41, 5.74) is 0. The van der Waals surface area contributed by atoms with Crippen molar-refractivity contribution in [2.45, 2.75) is 12.8 Å². The van der Waals surface area contributed by atoms with Crippen LogP contribution in [0.25, 0.3) is 0 Å². The molecule has 2 rings (SSSR count). The van der Waals surface area contributed by atoms with Crippen LogP contribution in [0.15, 0.2) is 12.2 Å². The molecule has 60 valence electrons. The number of hydrogen-bond donors (Lipinski definition) is 1. The van der Waals surface area contributed by atoms with Crippen molar-refractivity contribution in [1.29, 1.82) is 0 Å². The van der Waals surface area contributed by atoms with E-state index in [-0.39, 0.29) is 61.4 Å². The molecule has 4 heteroatoms. The van der Waals surface area contributed by atoms with Crippen LogP contribution in [0, 0.1) is 11.8 Å². The quantitative estimate of drug-likeness (QED) is 0.329. The molecule has 12 heavy (non-hydrogen) atoms. The van der Waals surface area contributed by atoms with Gasteiger partial charge in [0.2, 0.25) is 11.8 Å². The van der Waals surface area contributed by atoms with Gasteiger partial charge in [-0.05, 0) is 12.8 Å². The number of fused-ring (bicyclic) bond motifs is 1. The monoisotopic (exact) mass is 191 g/mol. The second-order valence-corrected chi connectivity index (χ2v) is 2.99. The third-order valence-corrected chi connectivity index (χ3v) is 2.31. The molecular formula is C8H9CaNO2. The van der Waals surface area contributed by atoms with Gasteiger partial charge in [-0.25, -0.2) is 0 Å². The molecule has 1 N–H and O–H groups in total. The molecule has 0 aromatic carbocycles. The predicted molar refractivity (Wildman–Crippen MR) is 44.3 cm³/mol. The van der Waals surface area contributed by atoms with Gasteiger partial charge in [0.1, 0.15) is 0 Å². The van der Waals surface area contributed by atoms with Crippen molar-refractivity contribution in [2.24, 2.45) is 11.8 Å². The minimum Gasteiger partial charge on any atom is -0.296 e. The van der Waals surface area contributed by atoms with Crippen LogP contribution in [0.3, 0.4) is 0 Å². The van der Waals surface area contributed by atoms with Gasteiger partial charge < -0.3 is 0 Å². The third-order valence-electron chi connectivity index (χ3n) is 2.31. The first-order valence-corrected chi connectivity index (χ1v) is 3.80. The summed E-state index contributed by atoms with van der Waals surface area (Å²) in [6, 6.07) is 0. The van der Waals surface area contributed by atoms with Crippen molar-refractivity contribution in [3.63, 3.8) is 0 Å². The summed E-state index contributed by atoms with van der Waals surface area (Å²) < 4.78 is 0. The maximum atomic E-state index is 11.1. The van der Waals surface area contributed by atoms with E-state index in [9.17, 15) is 9.59 Å². The van der Waals surface area contributed by atoms with E-state index in [1.165, 1.54) is 0 Å². The molecule has 2 atom stereocenters. The smallest absolute Gasteiger partial charge is 0.234 e. The number of nitrogens with one attached hydrogen (secondary N) is 1. The van der Waals surface area contributed by atoms with Crippen molar-refractivity contribution in [2.75, 3.05) is 0 Å².